The van der Waals surface area contributed by atoms with Gasteiger partial charge in [0.1, 0.15) is 0 Å². The molecule has 0 spiro atoms. The lowest BCUT2D eigenvalue weighted by molar-refractivity contribution is 0.969. The van der Waals surface area contributed by atoms with Gasteiger partial charge in [0.15, 0.2) is 0 Å². The largest absolute Gasteiger partial charge is 0.330 e. The van der Waals surface area contributed by atoms with Gasteiger partial charge in [0.05, 0.1) is 11.6 Å². The summed E-state index contributed by atoms with van der Waals surface area (Å²) in [5, 5.41) is 8.86. The van der Waals surface area contributed by atoms with Crippen LogP contribution in [0.25, 0.3) is 11.1 Å². The molecule has 2 heteroatoms. The molecule has 2 rings (SSSR count). The van der Waals surface area contributed by atoms with E-state index in [9.17, 15) is 0 Å². The lowest BCUT2D eigenvalue weighted by Gasteiger charge is -2.04. The van der Waals surface area contributed by atoms with E-state index < -0.39 is 0 Å². The predicted molar refractivity (Wildman–Crippen MR) is 69.4 cm³/mol. The third-order valence-corrected chi connectivity index (χ3v) is 2.71. The number of nitrogens with two attached hydrogens (primary N) is 1. The Morgan fingerprint density at radius 3 is 2.41 bits per heavy atom. The summed E-state index contributed by atoms with van der Waals surface area (Å²) in [6, 6.07) is 18.1. The van der Waals surface area contributed by atoms with Gasteiger partial charge in [0, 0.05) is 0 Å². The molecule has 2 aromatic carbocycles. The maximum atomic E-state index is 8.86. The molecule has 2 aromatic rings. The molecule has 0 aliphatic heterocycles. The molecule has 0 atom stereocenters. The minimum atomic E-state index is 0.670. The highest BCUT2D eigenvalue weighted by molar-refractivity contribution is 5.65. The summed E-state index contributed by atoms with van der Waals surface area (Å²) in [6.07, 6.45) is 0.901. The Morgan fingerprint density at radius 2 is 1.76 bits per heavy atom. The molecule has 0 aliphatic carbocycles. The molecule has 0 saturated carbocycles. The van der Waals surface area contributed by atoms with Gasteiger partial charge >= 0.3 is 0 Å². The Bertz CT molecular complexity index is 536. The van der Waals surface area contributed by atoms with Crippen LogP contribution in [0.3, 0.4) is 0 Å². The van der Waals surface area contributed by atoms with E-state index in [-0.39, 0.29) is 0 Å². The van der Waals surface area contributed by atoms with Crippen LogP contribution >= 0.6 is 0 Å². The summed E-state index contributed by atoms with van der Waals surface area (Å²) in [7, 11) is 0. The predicted octanol–water partition coefficient (Wildman–Crippen LogP) is 2.73. The molecule has 0 bridgehead atoms. The molecule has 84 valence electrons. The van der Waals surface area contributed by atoms with E-state index in [0.717, 1.165) is 17.5 Å². The standard InChI is InChI=1S/C15H14N2/c16-9-8-12-4-6-14(7-5-12)15-3-1-2-13(10-15)11-17/h1-7,10H,8-9,16H2. The van der Waals surface area contributed by atoms with Gasteiger partial charge in [-0.15, -0.1) is 0 Å². The average molecular weight is 222 g/mol. The van der Waals surface area contributed by atoms with Gasteiger partial charge in [0.25, 0.3) is 0 Å². The highest BCUT2D eigenvalue weighted by Crippen LogP contribution is 2.20. The smallest absolute Gasteiger partial charge is 0.0991 e. The summed E-state index contributed by atoms with van der Waals surface area (Å²) in [5.74, 6) is 0. The lowest BCUT2D eigenvalue weighted by atomic mass is 10.0. The van der Waals surface area contributed by atoms with Crippen molar-refractivity contribution < 1.29 is 0 Å². The Balaban J connectivity index is 2.30. The fraction of sp³-hybridized carbons (Fsp3) is 0.133. The molecular weight excluding hydrogens is 208 g/mol. The van der Waals surface area contributed by atoms with Gasteiger partial charge in [-0.05, 0) is 41.8 Å². The lowest BCUT2D eigenvalue weighted by Crippen LogP contribution is -2.02. The quantitative estimate of drug-likeness (QED) is 0.868. The first kappa shape index (κ1) is 11.4. The van der Waals surface area contributed by atoms with Crippen LogP contribution < -0.4 is 5.73 Å². The van der Waals surface area contributed by atoms with Gasteiger partial charge in [-0.1, -0.05) is 36.4 Å². The van der Waals surface area contributed by atoms with Crippen molar-refractivity contribution in [3.63, 3.8) is 0 Å². The van der Waals surface area contributed by atoms with Crippen LogP contribution in [0.2, 0.25) is 0 Å². The van der Waals surface area contributed by atoms with Gasteiger partial charge < -0.3 is 5.73 Å². The van der Waals surface area contributed by atoms with Gasteiger partial charge in [0.2, 0.25) is 0 Å². The van der Waals surface area contributed by atoms with E-state index >= 15 is 0 Å². The van der Waals surface area contributed by atoms with Crippen molar-refractivity contribution in [1.82, 2.24) is 0 Å². The Labute approximate surface area is 101 Å². The van der Waals surface area contributed by atoms with Crippen molar-refractivity contribution in [1.29, 1.82) is 5.26 Å². The third-order valence-electron chi connectivity index (χ3n) is 2.71. The molecule has 0 amide bonds. The molecule has 0 heterocycles. The van der Waals surface area contributed by atoms with Crippen molar-refractivity contribution in [2.45, 2.75) is 6.42 Å². The number of nitriles is 1. The SMILES string of the molecule is N#Cc1cccc(-c2ccc(CCN)cc2)c1. The topological polar surface area (TPSA) is 49.8 Å². The van der Waals surface area contributed by atoms with E-state index in [1.807, 2.05) is 24.3 Å². The summed E-state index contributed by atoms with van der Waals surface area (Å²) < 4.78 is 0. The van der Waals surface area contributed by atoms with Gasteiger partial charge in [-0.2, -0.15) is 5.26 Å². The highest BCUT2D eigenvalue weighted by atomic mass is 14.5. The summed E-state index contributed by atoms with van der Waals surface area (Å²) in [5.41, 5.74) is 9.64. The molecule has 0 aliphatic rings. The summed E-state index contributed by atoms with van der Waals surface area (Å²) >= 11 is 0. The number of hydrogen-bond donors (Lipinski definition) is 1. The van der Waals surface area contributed by atoms with Gasteiger partial charge in [-0.3, -0.25) is 0 Å². The minimum absolute atomic E-state index is 0.670. The van der Waals surface area contributed by atoms with Crippen molar-refractivity contribution in [2.24, 2.45) is 5.73 Å². The molecule has 2 nitrogen and oxygen atoms in total. The minimum Gasteiger partial charge on any atom is -0.330 e. The normalized spacial score (nSPS) is 9.88. The van der Waals surface area contributed by atoms with Crippen LogP contribution in [0, 0.1) is 11.3 Å². The average Bonchev–Trinajstić information content (AvgIpc) is 2.40. The molecule has 17 heavy (non-hydrogen) atoms. The number of hydrogen-bond acceptors (Lipinski definition) is 2. The number of benzene rings is 2. The fourth-order valence-electron chi connectivity index (χ4n) is 1.80. The molecule has 0 fully saturated rings. The molecule has 0 unspecified atom stereocenters. The van der Waals surface area contributed by atoms with E-state index in [0.29, 0.717) is 12.1 Å². The number of nitrogens with zero attached hydrogens (tertiary/aromatic N) is 1. The monoisotopic (exact) mass is 222 g/mol. The van der Waals surface area contributed by atoms with E-state index in [1.54, 1.807) is 0 Å². The maximum Gasteiger partial charge on any atom is 0.0991 e. The molecule has 0 saturated heterocycles. The van der Waals surface area contributed by atoms with Crippen LogP contribution in [0.15, 0.2) is 48.5 Å². The first-order valence-corrected chi connectivity index (χ1v) is 5.63. The van der Waals surface area contributed by atoms with Crippen LogP contribution in [0.4, 0.5) is 0 Å². The zero-order valence-electron chi connectivity index (χ0n) is 9.56. The molecule has 2 N–H and O–H groups in total. The Morgan fingerprint density at radius 1 is 1.00 bits per heavy atom. The number of rotatable bonds is 3. The highest BCUT2D eigenvalue weighted by Gasteiger charge is 1.99. The summed E-state index contributed by atoms with van der Waals surface area (Å²) in [4.78, 5) is 0. The summed E-state index contributed by atoms with van der Waals surface area (Å²) in [6.45, 7) is 0.670. The van der Waals surface area contributed by atoms with Crippen LogP contribution in [0.1, 0.15) is 11.1 Å². The zero-order chi connectivity index (χ0) is 12.1. The Kier molecular flexibility index (Phi) is 3.54. The second kappa shape index (κ2) is 5.29. The third kappa shape index (κ3) is 2.72. The van der Waals surface area contributed by atoms with Crippen molar-refractivity contribution in [3.05, 3.63) is 59.7 Å². The Hall–Kier alpha value is -2.11. The first-order valence-electron chi connectivity index (χ1n) is 5.63. The molecular formula is C15H14N2. The first-order chi connectivity index (χ1) is 8.33. The molecule has 0 radical (unpaired) electrons. The molecule has 0 aromatic heterocycles. The second-order valence-corrected chi connectivity index (χ2v) is 3.93. The fourth-order valence-corrected chi connectivity index (χ4v) is 1.80. The second-order valence-electron chi connectivity index (χ2n) is 3.93. The van der Waals surface area contributed by atoms with Crippen molar-refractivity contribution in [2.75, 3.05) is 6.54 Å². The van der Waals surface area contributed by atoms with Crippen molar-refractivity contribution in [3.8, 4) is 17.2 Å². The van der Waals surface area contributed by atoms with Crippen LogP contribution in [-0.2, 0) is 6.42 Å². The van der Waals surface area contributed by atoms with Crippen LogP contribution in [-0.4, -0.2) is 6.54 Å². The van der Waals surface area contributed by atoms with Gasteiger partial charge in [-0.25, -0.2) is 0 Å². The van der Waals surface area contributed by atoms with Crippen LogP contribution in [0.5, 0.6) is 0 Å². The van der Waals surface area contributed by atoms with E-state index in [2.05, 4.69) is 30.3 Å². The van der Waals surface area contributed by atoms with E-state index in [4.69, 9.17) is 11.0 Å². The maximum absolute atomic E-state index is 8.86. The zero-order valence-corrected chi connectivity index (χ0v) is 9.56. The van der Waals surface area contributed by atoms with Crippen molar-refractivity contribution >= 4 is 0 Å². The van der Waals surface area contributed by atoms with E-state index in [1.165, 1.54) is 5.56 Å².